The van der Waals surface area contributed by atoms with Crippen LogP contribution in [-0.4, -0.2) is 33.0 Å². The second-order valence-electron chi connectivity index (χ2n) is 7.38. The van der Waals surface area contributed by atoms with E-state index in [9.17, 15) is 20.1 Å². The third kappa shape index (κ3) is 5.36. The molecule has 2 rings (SSSR count). The molecule has 0 saturated carbocycles. The van der Waals surface area contributed by atoms with Crippen LogP contribution in [0.25, 0.3) is 0 Å². The van der Waals surface area contributed by atoms with Gasteiger partial charge in [0.2, 0.25) is 0 Å². The van der Waals surface area contributed by atoms with E-state index < -0.39 is 17.7 Å². The lowest BCUT2D eigenvalue weighted by molar-refractivity contribution is -0.132. The zero-order valence-corrected chi connectivity index (χ0v) is 15.7. The Morgan fingerprint density at radius 1 is 1.23 bits per heavy atom. The highest BCUT2D eigenvalue weighted by molar-refractivity contribution is 5.86. The van der Waals surface area contributed by atoms with Gasteiger partial charge < -0.3 is 20.1 Å². The second kappa shape index (κ2) is 8.41. The number of phenolic OH excluding ortho intramolecular Hbond substituents is 1. The van der Waals surface area contributed by atoms with Gasteiger partial charge in [0.1, 0.15) is 17.1 Å². The molecule has 0 saturated heterocycles. The van der Waals surface area contributed by atoms with Crippen molar-refractivity contribution in [2.45, 2.75) is 64.6 Å². The van der Waals surface area contributed by atoms with Crippen LogP contribution in [0.2, 0.25) is 0 Å². The molecule has 1 aromatic rings. The van der Waals surface area contributed by atoms with Gasteiger partial charge in [-0.1, -0.05) is 17.7 Å². The quantitative estimate of drug-likeness (QED) is 0.659. The number of phenols is 1. The number of carboxylic acids is 1. The van der Waals surface area contributed by atoms with Crippen LogP contribution in [0.4, 0.5) is 0 Å². The Hall–Kier alpha value is -2.27. The number of aromatic hydroxyl groups is 1. The molecule has 1 aromatic carbocycles. The standard InChI is InChI=1S/C21H28O5/c1-14-5-4-6-15(20(24)25)8-9-16-13-17(22)10-11-18(16)26-21(2,3)19(23)12-7-14/h5,8,10-11,13,19,22-23H,4,6-7,9,12H2,1-3H3,(H,24,25)/b14-5+,15-8-/t19-/m1/s1. The fraction of sp³-hybridized carbons (Fsp3) is 0.476. The van der Waals surface area contributed by atoms with Gasteiger partial charge in [-0.15, -0.1) is 0 Å². The van der Waals surface area contributed by atoms with E-state index in [1.165, 1.54) is 6.07 Å². The fourth-order valence-electron chi connectivity index (χ4n) is 2.99. The van der Waals surface area contributed by atoms with E-state index >= 15 is 0 Å². The van der Waals surface area contributed by atoms with Crippen molar-refractivity contribution in [3.8, 4) is 11.5 Å². The van der Waals surface area contributed by atoms with Crippen molar-refractivity contribution in [3.05, 3.63) is 47.1 Å². The van der Waals surface area contributed by atoms with E-state index in [1.807, 2.05) is 26.8 Å². The Balaban J connectivity index is 2.42. The summed E-state index contributed by atoms with van der Waals surface area (Å²) in [5.41, 5.74) is 1.36. The second-order valence-corrected chi connectivity index (χ2v) is 7.38. The number of aliphatic carboxylic acids is 1. The Bertz CT molecular complexity index is 715. The van der Waals surface area contributed by atoms with Gasteiger partial charge in [0.05, 0.1) is 6.10 Å². The predicted octanol–water partition coefficient (Wildman–Crippen LogP) is 3.98. The summed E-state index contributed by atoms with van der Waals surface area (Å²) in [6.45, 7) is 5.66. The first-order valence-corrected chi connectivity index (χ1v) is 8.96. The average molecular weight is 360 g/mol. The average Bonchev–Trinajstić information content (AvgIpc) is 2.56. The van der Waals surface area contributed by atoms with Crippen LogP contribution in [0.5, 0.6) is 11.5 Å². The lowest BCUT2D eigenvalue weighted by Gasteiger charge is -2.32. The number of fused-ring (bicyclic) bond motifs is 1. The zero-order chi connectivity index (χ0) is 19.3. The molecule has 26 heavy (non-hydrogen) atoms. The van der Waals surface area contributed by atoms with Crippen LogP contribution >= 0.6 is 0 Å². The number of rotatable bonds is 1. The molecule has 5 nitrogen and oxygen atoms in total. The molecule has 0 radical (unpaired) electrons. The van der Waals surface area contributed by atoms with Crippen molar-refractivity contribution in [2.75, 3.05) is 0 Å². The summed E-state index contributed by atoms with van der Waals surface area (Å²) in [4.78, 5) is 11.5. The summed E-state index contributed by atoms with van der Waals surface area (Å²) < 4.78 is 6.07. The van der Waals surface area contributed by atoms with Gasteiger partial charge in [0.15, 0.2) is 0 Å². The Labute approximate surface area is 154 Å². The molecule has 0 unspecified atom stereocenters. The van der Waals surface area contributed by atoms with Crippen molar-refractivity contribution in [1.82, 2.24) is 0 Å². The van der Waals surface area contributed by atoms with Gasteiger partial charge in [-0.05, 0) is 71.1 Å². The summed E-state index contributed by atoms with van der Waals surface area (Å²) in [7, 11) is 0. The van der Waals surface area contributed by atoms with Crippen LogP contribution in [0.15, 0.2) is 41.5 Å². The Kier molecular flexibility index (Phi) is 6.48. The topological polar surface area (TPSA) is 87.0 Å². The zero-order valence-electron chi connectivity index (χ0n) is 15.7. The molecule has 1 aliphatic rings. The highest BCUT2D eigenvalue weighted by Gasteiger charge is 2.30. The van der Waals surface area contributed by atoms with E-state index in [-0.39, 0.29) is 5.75 Å². The third-order valence-electron chi connectivity index (χ3n) is 4.78. The third-order valence-corrected chi connectivity index (χ3v) is 4.78. The summed E-state index contributed by atoms with van der Waals surface area (Å²) in [5.74, 6) is -0.297. The first kappa shape index (κ1) is 20.0. The number of hydrogen-bond donors (Lipinski definition) is 3. The van der Waals surface area contributed by atoms with Crippen LogP contribution < -0.4 is 4.74 Å². The molecule has 1 aliphatic heterocycles. The van der Waals surface area contributed by atoms with Crippen LogP contribution in [0.1, 0.15) is 52.0 Å². The minimum absolute atomic E-state index is 0.0932. The maximum absolute atomic E-state index is 11.5. The molecule has 3 N–H and O–H groups in total. The van der Waals surface area contributed by atoms with Crippen LogP contribution in [-0.2, 0) is 11.2 Å². The van der Waals surface area contributed by atoms with Crippen LogP contribution in [0.3, 0.4) is 0 Å². The molecule has 0 aliphatic carbocycles. The maximum atomic E-state index is 11.5. The summed E-state index contributed by atoms with van der Waals surface area (Å²) >= 11 is 0. The van der Waals surface area contributed by atoms with Gasteiger partial charge in [-0.3, -0.25) is 0 Å². The molecule has 0 aromatic heterocycles. The van der Waals surface area contributed by atoms with E-state index in [1.54, 1.807) is 18.2 Å². The van der Waals surface area contributed by atoms with Gasteiger partial charge in [-0.2, -0.15) is 0 Å². The minimum atomic E-state index is -0.929. The van der Waals surface area contributed by atoms with Gasteiger partial charge in [0, 0.05) is 11.1 Å². The Morgan fingerprint density at radius 3 is 2.65 bits per heavy atom. The van der Waals surface area contributed by atoms with Crippen molar-refractivity contribution in [1.29, 1.82) is 0 Å². The fourth-order valence-corrected chi connectivity index (χ4v) is 2.99. The van der Waals surface area contributed by atoms with E-state index in [2.05, 4.69) is 0 Å². The maximum Gasteiger partial charge on any atom is 0.331 e. The van der Waals surface area contributed by atoms with Crippen molar-refractivity contribution >= 4 is 5.97 Å². The van der Waals surface area contributed by atoms with Gasteiger partial charge in [-0.25, -0.2) is 4.79 Å². The number of carboxylic acid groups (broad SMARTS) is 1. The molecular formula is C21H28O5. The van der Waals surface area contributed by atoms with Crippen molar-refractivity contribution in [3.63, 3.8) is 0 Å². The number of hydrogen-bond acceptors (Lipinski definition) is 4. The highest BCUT2D eigenvalue weighted by Crippen LogP contribution is 2.31. The van der Waals surface area contributed by atoms with E-state index in [0.29, 0.717) is 42.6 Å². The minimum Gasteiger partial charge on any atom is -0.508 e. The van der Waals surface area contributed by atoms with Gasteiger partial charge in [0.25, 0.3) is 0 Å². The summed E-state index contributed by atoms with van der Waals surface area (Å²) in [6, 6.07) is 4.76. The van der Waals surface area contributed by atoms with E-state index in [4.69, 9.17) is 4.74 Å². The van der Waals surface area contributed by atoms with E-state index in [0.717, 1.165) is 12.0 Å². The molecule has 5 heteroatoms. The monoisotopic (exact) mass is 360 g/mol. The summed E-state index contributed by atoms with van der Waals surface area (Å²) in [5, 5.41) is 29.8. The first-order valence-electron chi connectivity index (χ1n) is 8.96. The number of aliphatic hydroxyl groups excluding tert-OH is 1. The molecule has 0 spiro atoms. The van der Waals surface area contributed by atoms with Gasteiger partial charge >= 0.3 is 5.97 Å². The SMILES string of the molecule is C/C1=C\CC/C(C(=O)O)=C/Cc2cc(O)ccc2OC(C)(C)[C@H](O)CC1. The number of allylic oxidation sites excluding steroid dienone is 3. The molecule has 0 bridgehead atoms. The smallest absolute Gasteiger partial charge is 0.331 e. The largest absolute Gasteiger partial charge is 0.508 e. The molecular weight excluding hydrogens is 332 g/mol. The van der Waals surface area contributed by atoms with Crippen molar-refractivity contribution < 1.29 is 24.9 Å². The number of aliphatic hydroxyl groups is 1. The molecule has 0 amide bonds. The highest BCUT2D eigenvalue weighted by atomic mass is 16.5. The Morgan fingerprint density at radius 2 is 1.96 bits per heavy atom. The molecule has 1 atom stereocenters. The summed E-state index contributed by atoms with van der Waals surface area (Å²) in [6.07, 6.45) is 5.75. The number of benzene rings is 1. The molecule has 142 valence electrons. The predicted molar refractivity (Wildman–Crippen MR) is 100 cm³/mol. The lowest BCUT2D eigenvalue weighted by atomic mass is 9.94. The first-order chi connectivity index (χ1) is 12.2. The number of ether oxygens (including phenoxy) is 1. The number of carbonyl (C=O) groups is 1. The molecule has 0 fully saturated rings. The normalized spacial score (nSPS) is 25.5. The molecule has 1 heterocycles. The van der Waals surface area contributed by atoms with Crippen LogP contribution in [0, 0.1) is 0 Å². The lowest BCUT2D eigenvalue weighted by Crippen LogP contribution is -2.42. The van der Waals surface area contributed by atoms with Crippen molar-refractivity contribution in [2.24, 2.45) is 0 Å².